The van der Waals surface area contributed by atoms with Gasteiger partial charge in [0.1, 0.15) is 18.4 Å². The summed E-state index contributed by atoms with van der Waals surface area (Å²) in [6.07, 6.45) is -0.541. The van der Waals surface area contributed by atoms with Crippen LogP contribution in [0.25, 0.3) is 0 Å². The molecule has 1 aromatic rings. The predicted molar refractivity (Wildman–Crippen MR) is 74.5 cm³/mol. The third-order valence-corrected chi connectivity index (χ3v) is 3.06. The minimum atomic E-state index is -0.684. The lowest BCUT2D eigenvalue weighted by Crippen LogP contribution is -2.40. The van der Waals surface area contributed by atoms with Gasteiger partial charge < -0.3 is 19.1 Å². The average molecular weight is 306 g/mol. The third kappa shape index (κ3) is 4.50. The molecule has 1 aromatic heterocycles. The number of nitrogens with zero attached hydrogens (tertiary/aromatic N) is 1. The van der Waals surface area contributed by atoms with E-state index in [1.807, 2.05) is 0 Å². The van der Waals surface area contributed by atoms with Crippen molar-refractivity contribution in [2.75, 3.05) is 20.3 Å². The van der Waals surface area contributed by atoms with Crippen molar-refractivity contribution in [3.8, 4) is 0 Å². The molecule has 0 fully saturated rings. The van der Waals surface area contributed by atoms with Crippen LogP contribution in [-0.4, -0.2) is 47.2 Å². The minimum absolute atomic E-state index is 0.224. The zero-order chi connectivity index (χ0) is 15.1. The number of aliphatic hydroxyl groups excluding tert-OH is 1. The number of H-pyrrole nitrogens is 1. The third-order valence-electron chi connectivity index (χ3n) is 2.71. The van der Waals surface area contributed by atoms with E-state index in [4.69, 9.17) is 14.0 Å². The quantitative estimate of drug-likeness (QED) is 0.613. The van der Waals surface area contributed by atoms with Gasteiger partial charge in [0.05, 0.1) is 13.2 Å². The first-order valence-electron chi connectivity index (χ1n) is 5.95. The van der Waals surface area contributed by atoms with Crippen LogP contribution in [0.3, 0.4) is 0 Å². The van der Waals surface area contributed by atoms with Crippen LogP contribution >= 0.6 is 9.47 Å². The SMILES string of the molecule is COCC(OP)C(CO)OC(C)n1ccc(=O)[nH]c1=O. The van der Waals surface area contributed by atoms with Gasteiger partial charge in [0.15, 0.2) is 0 Å². The number of nitrogens with one attached hydrogen (secondary N) is 1. The Morgan fingerprint density at radius 1 is 1.45 bits per heavy atom. The molecule has 0 amide bonds. The maximum Gasteiger partial charge on any atom is 0.330 e. The first kappa shape index (κ1) is 17.0. The molecule has 0 aliphatic rings. The summed E-state index contributed by atoms with van der Waals surface area (Å²) in [5.74, 6) is 0. The van der Waals surface area contributed by atoms with E-state index in [0.717, 1.165) is 0 Å². The molecule has 4 atom stereocenters. The molecule has 0 saturated carbocycles. The van der Waals surface area contributed by atoms with Crippen LogP contribution in [0.4, 0.5) is 0 Å². The number of aromatic nitrogens is 2. The number of aliphatic hydroxyl groups is 1. The molecule has 8 nitrogen and oxygen atoms in total. The Balaban J connectivity index is 2.83. The van der Waals surface area contributed by atoms with E-state index in [1.165, 1.54) is 23.9 Å². The van der Waals surface area contributed by atoms with Gasteiger partial charge >= 0.3 is 5.69 Å². The molecule has 0 aliphatic carbocycles. The Morgan fingerprint density at radius 3 is 2.65 bits per heavy atom. The van der Waals surface area contributed by atoms with Crippen molar-refractivity contribution in [3.63, 3.8) is 0 Å². The Bertz CT molecular complexity index is 516. The normalized spacial score (nSPS) is 15.8. The molecule has 9 heteroatoms. The highest BCUT2D eigenvalue weighted by atomic mass is 31.0. The summed E-state index contributed by atoms with van der Waals surface area (Å²) < 4.78 is 16.8. The molecule has 1 heterocycles. The lowest BCUT2D eigenvalue weighted by molar-refractivity contribution is -0.120. The molecule has 20 heavy (non-hydrogen) atoms. The highest BCUT2D eigenvalue weighted by Crippen LogP contribution is 2.14. The largest absolute Gasteiger partial charge is 0.394 e. The zero-order valence-electron chi connectivity index (χ0n) is 11.3. The Kier molecular flexibility index (Phi) is 7.04. The Hall–Kier alpha value is -1.05. The van der Waals surface area contributed by atoms with Crippen molar-refractivity contribution in [2.45, 2.75) is 25.4 Å². The minimum Gasteiger partial charge on any atom is -0.394 e. The van der Waals surface area contributed by atoms with E-state index < -0.39 is 29.7 Å². The average Bonchev–Trinajstić information content (AvgIpc) is 2.42. The van der Waals surface area contributed by atoms with Crippen molar-refractivity contribution in [1.82, 2.24) is 9.55 Å². The van der Waals surface area contributed by atoms with Gasteiger partial charge in [-0.15, -0.1) is 0 Å². The molecule has 0 bridgehead atoms. The van der Waals surface area contributed by atoms with Crippen LogP contribution in [-0.2, 0) is 14.0 Å². The molecule has 4 unspecified atom stereocenters. The van der Waals surface area contributed by atoms with Crippen LogP contribution in [0.2, 0.25) is 0 Å². The van der Waals surface area contributed by atoms with Crippen LogP contribution in [0, 0.1) is 0 Å². The molecular formula is C11H19N2O6P. The molecular weight excluding hydrogens is 287 g/mol. The standard InChI is InChI=1S/C11H19N2O6P/c1-7(13-4-3-10(15)12-11(13)16)18-8(5-14)9(19-20)6-17-2/h3-4,7-9,14H,5-6,20H2,1-2H3,(H,12,15,16). The van der Waals surface area contributed by atoms with Gasteiger partial charge in [-0.25, -0.2) is 4.79 Å². The van der Waals surface area contributed by atoms with Gasteiger partial charge in [-0.3, -0.25) is 14.3 Å². The summed E-state index contributed by atoms with van der Waals surface area (Å²) in [5.41, 5.74) is -1.07. The first-order valence-corrected chi connectivity index (χ1v) is 6.42. The maximum absolute atomic E-state index is 11.6. The number of ether oxygens (including phenoxy) is 2. The molecule has 0 aliphatic heterocycles. The van der Waals surface area contributed by atoms with Gasteiger partial charge in [-0.1, -0.05) is 0 Å². The van der Waals surface area contributed by atoms with Gasteiger partial charge in [0.2, 0.25) is 0 Å². The van der Waals surface area contributed by atoms with E-state index in [1.54, 1.807) is 6.92 Å². The summed E-state index contributed by atoms with van der Waals surface area (Å²) in [5, 5.41) is 9.35. The number of methoxy groups -OCH3 is 1. The van der Waals surface area contributed by atoms with Crippen molar-refractivity contribution in [3.05, 3.63) is 33.1 Å². The van der Waals surface area contributed by atoms with Gasteiger partial charge in [-0.05, 0) is 6.92 Å². The van der Waals surface area contributed by atoms with E-state index in [0.29, 0.717) is 0 Å². The topological polar surface area (TPSA) is 103 Å². The fourth-order valence-electron chi connectivity index (χ4n) is 1.68. The summed E-state index contributed by atoms with van der Waals surface area (Å²) in [6, 6.07) is 1.22. The van der Waals surface area contributed by atoms with Crippen LogP contribution in [0.1, 0.15) is 13.2 Å². The lowest BCUT2D eigenvalue weighted by Gasteiger charge is -2.27. The Morgan fingerprint density at radius 2 is 2.15 bits per heavy atom. The predicted octanol–water partition coefficient (Wildman–Crippen LogP) is -0.746. The van der Waals surface area contributed by atoms with Gasteiger partial charge in [-0.2, -0.15) is 0 Å². The number of aromatic amines is 1. The number of hydrogen-bond acceptors (Lipinski definition) is 6. The summed E-state index contributed by atoms with van der Waals surface area (Å²) in [6.45, 7) is 1.54. The fraction of sp³-hybridized carbons (Fsp3) is 0.636. The molecule has 0 radical (unpaired) electrons. The number of hydrogen-bond donors (Lipinski definition) is 2. The van der Waals surface area contributed by atoms with Crippen molar-refractivity contribution < 1.29 is 19.1 Å². The van der Waals surface area contributed by atoms with Crippen LogP contribution < -0.4 is 11.2 Å². The highest BCUT2D eigenvalue weighted by Gasteiger charge is 2.24. The second-order valence-electron chi connectivity index (χ2n) is 4.10. The second kappa shape index (κ2) is 8.28. The van der Waals surface area contributed by atoms with E-state index in [2.05, 4.69) is 14.5 Å². The maximum atomic E-state index is 11.6. The smallest absolute Gasteiger partial charge is 0.330 e. The van der Waals surface area contributed by atoms with Crippen molar-refractivity contribution in [2.24, 2.45) is 0 Å². The summed E-state index contributed by atoms with van der Waals surface area (Å²) in [7, 11) is 3.59. The first-order chi connectivity index (χ1) is 9.53. The molecule has 114 valence electrons. The van der Waals surface area contributed by atoms with Crippen LogP contribution in [0.15, 0.2) is 21.9 Å². The summed E-state index contributed by atoms with van der Waals surface area (Å²) >= 11 is 0. The lowest BCUT2D eigenvalue weighted by atomic mass is 10.2. The van der Waals surface area contributed by atoms with Gasteiger partial charge in [0.25, 0.3) is 5.56 Å². The fourth-order valence-corrected chi connectivity index (χ4v) is 1.93. The van der Waals surface area contributed by atoms with Gasteiger partial charge in [0, 0.05) is 28.8 Å². The molecule has 0 aromatic carbocycles. The second-order valence-corrected chi connectivity index (χ2v) is 4.38. The van der Waals surface area contributed by atoms with E-state index in [-0.39, 0.29) is 13.2 Å². The molecule has 0 spiro atoms. The molecule has 1 rings (SSSR count). The number of rotatable bonds is 8. The van der Waals surface area contributed by atoms with Crippen molar-refractivity contribution >= 4 is 9.47 Å². The summed E-state index contributed by atoms with van der Waals surface area (Å²) in [4.78, 5) is 24.7. The molecule has 2 N–H and O–H groups in total. The van der Waals surface area contributed by atoms with Crippen molar-refractivity contribution in [1.29, 1.82) is 0 Å². The highest BCUT2D eigenvalue weighted by molar-refractivity contribution is 7.09. The zero-order valence-corrected chi connectivity index (χ0v) is 12.5. The van der Waals surface area contributed by atoms with E-state index >= 15 is 0 Å². The van der Waals surface area contributed by atoms with E-state index in [9.17, 15) is 14.7 Å². The monoisotopic (exact) mass is 306 g/mol. The Labute approximate surface area is 118 Å². The van der Waals surface area contributed by atoms with Crippen LogP contribution in [0.5, 0.6) is 0 Å². The molecule has 0 saturated heterocycles.